The van der Waals surface area contributed by atoms with Crippen LogP contribution in [0.15, 0.2) is 34.7 Å². The maximum atomic E-state index is 12.8. The Balaban J connectivity index is 1.85. The fourth-order valence-corrected chi connectivity index (χ4v) is 2.78. The van der Waals surface area contributed by atoms with Gasteiger partial charge < -0.3 is 14.4 Å². The number of halogens is 1. The highest BCUT2D eigenvalue weighted by Crippen LogP contribution is 2.31. The lowest BCUT2D eigenvalue weighted by Gasteiger charge is -2.21. The average Bonchev–Trinajstić information content (AvgIpc) is 3.31. The van der Waals surface area contributed by atoms with Crippen molar-refractivity contribution in [2.75, 3.05) is 0 Å². The quantitative estimate of drug-likeness (QED) is 0.857. The van der Waals surface area contributed by atoms with Crippen LogP contribution in [-0.2, 0) is 13.0 Å². The number of benzene rings is 1. The van der Waals surface area contributed by atoms with Crippen LogP contribution in [0.1, 0.15) is 52.0 Å². The van der Waals surface area contributed by atoms with Gasteiger partial charge in [-0.3, -0.25) is 4.79 Å². The summed E-state index contributed by atoms with van der Waals surface area (Å²) in [4.78, 5) is 25.8. The second-order valence-corrected chi connectivity index (χ2v) is 6.33. The van der Waals surface area contributed by atoms with Gasteiger partial charge in [0, 0.05) is 30.1 Å². The van der Waals surface area contributed by atoms with Crippen molar-refractivity contribution in [3.8, 4) is 0 Å². The van der Waals surface area contributed by atoms with Gasteiger partial charge in [-0.15, -0.1) is 0 Å². The molecule has 1 N–H and O–H groups in total. The Kier molecular flexibility index (Phi) is 4.62. The van der Waals surface area contributed by atoms with E-state index in [-0.39, 0.29) is 23.3 Å². The lowest BCUT2D eigenvalue weighted by atomic mass is 10.2. The summed E-state index contributed by atoms with van der Waals surface area (Å²) < 4.78 is 5.51. The molecule has 1 heterocycles. The minimum Gasteiger partial charge on any atom is -0.478 e. The second-order valence-electron chi connectivity index (χ2n) is 5.90. The average molecular weight is 348 g/mol. The van der Waals surface area contributed by atoms with Gasteiger partial charge in [0.2, 0.25) is 0 Å². The standard InChI is InChI=1S/C18H18ClNO4/c1-2-15-14(18(22)23)9-16(24-15)17(21)20(13-7-8-13)10-11-3-5-12(19)6-4-11/h3-6,9,13H,2,7-8,10H2,1H3,(H,22,23). The summed E-state index contributed by atoms with van der Waals surface area (Å²) in [6, 6.07) is 8.85. The Hall–Kier alpha value is -2.27. The number of carbonyl (C=O) groups excluding carboxylic acids is 1. The number of aromatic carboxylic acids is 1. The van der Waals surface area contributed by atoms with Crippen LogP contribution in [-0.4, -0.2) is 27.9 Å². The lowest BCUT2D eigenvalue weighted by Crippen LogP contribution is -2.32. The van der Waals surface area contributed by atoms with Gasteiger partial charge in [0.25, 0.3) is 5.91 Å². The van der Waals surface area contributed by atoms with Gasteiger partial charge in [-0.1, -0.05) is 30.7 Å². The maximum absolute atomic E-state index is 12.8. The predicted molar refractivity (Wildman–Crippen MR) is 89.4 cm³/mol. The summed E-state index contributed by atoms with van der Waals surface area (Å²) in [5.41, 5.74) is 1.03. The number of aryl methyl sites for hydroxylation is 1. The van der Waals surface area contributed by atoms with Crippen LogP contribution in [0.4, 0.5) is 0 Å². The summed E-state index contributed by atoms with van der Waals surface area (Å²) >= 11 is 5.90. The number of carbonyl (C=O) groups is 2. The number of carboxylic acid groups (broad SMARTS) is 1. The highest BCUT2D eigenvalue weighted by molar-refractivity contribution is 6.30. The number of rotatable bonds is 6. The zero-order valence-corrected chi connectivity index (χ0v) is 14.0. The van der Waals surface area contributed by atoms with Crippen molar-refractivity contribution in [1.29, 1.82) is 0 Å². The Bertz CT molecular complexity index is 762. The summed E-state index contributed by atoms with van der Waals surface area (Å²) in [5.74, 6) is -0.932. The van der Waals surface area contributed by atoms with Crippen molar-refractivity contribution in [1.82, 2.24) is 4.90 Å². The van der Waals surface area contributed by atoms with E-state index in [4.69, 9.17) is 16.0 Å². The Morgan fingerprint density at radius 3 is 2.46 bits per heavy atom. The summed E-state index contributed by atoms with van der Waals surface area (Å²) in [6.45, 7) is 2.25. The number of furan rings is 1. The molecule has 1 aliphatic rings. The third-order valence-electron chi connectivity index (χ3n) is 4.09. The molecule has 0 saturated heterocycles. The molecule has 1 aliphatic carbocycles. The SMILES string of the molecule is CCc1oc(C(=O)N(Cc2ccc(Cl)cc2)C2CC2)cc1C(=O)O. The molecule has 126 valence electrons. The number of carboxylic acids is 1. The molecular weight excluding hydrogens is 330 g/mol. The first-order chi connectivity index (χ1) is 11.5. The van der Waals surface area contributed by atoms with Gasteiger partial charge in [-0.2, -0.15) is 0 Å². The molecule has 0 bridgehead atoms. The molecule has 0 radical (unpaired) electrons. The van der Waals surface area contributed by atoms with E-state index in [9.17, 15) is 14.7 Å². The molecule has 1 fully saturated rings. The van der Waals surface area contributed by atoms with Crippen LogP contribution in [0.2, 0.25) is 5.02 Å². The topological polar surface area (TPSA) is 70.8 Å². The maximum Gasteiger partial charge on any atom is 0.339 e. The normalized spacial score (nSPS) is 13.8. The molecule has 0 atom stereocenters. The smallest absolute Gasteiger partial charge is 0.339 e. The van der Waals surface area contributed by atoms with E-state index in [1.54, 1.807) is 24.0 Å². The number of amides is 1. The van der Waals surface area contributed by atoms with Crippen molar-refractivity contribution in [3.63, 3.8) is 0 Å². The summed E-state index contributed by atoms with van der Waals surface area (Å²) in [7, 11) is 0. The van der Waals surface area contributed by atoms with Gasteiger partial charge in [0.15, 0.2) is 5.76 Å². The number of nitrogens with zero attached hydrogens (tertiary/aromatic N) is 1. The van der Waals surface area contributed by atoms with E-state index in [1.165, 1.54) is 6.07 Å². The Morgan fingerprint density at radius 2 is 1.96 bits per heavy atom. The molecule has 1 aromatic heterocycles. The highest BCUT2D eigenvalue weighted by Gasteiger charge is 2.35. The number of hydrogen-bond donors (Lipinski definition) is 1. The fourth-order valence-electron chi connectivity index (χ4n) is 2.66. The third kappa shape index (κ3) is 3.46. The van der Waals surface area contributed by atoms with Crippen LogP contribution >= 0.6 is 11.6 Å². The monoisotopic (exact) mass is 347 g/mol. The zero-order chi connectivity index (χ0) is 17.3. The van der Waals surface area contributed by atoms with Crippen LogP contribution < -0.4 is 0 Å². The first-order valence-electron chi connectivity index (χ1n) is 7.91. The molecule has 6 heteroatoms. The molecule has 0 aliphatic heterocycles. The zero-order valence-electron chi connectivity index (χ0n) is 13.3. The molecule has 1 amide bonds. The Morgan fingerprint density at radius 1 is 1.29 bits per heavy atom. The highest BCUT2D eigenvalue weighted by atomic mass is 35.5. The molecule has 24 heavy (non-hydrogen) atoms. The van der Waals surface area contributed by atoms with E-state index < -0.39 is 5.97 Å². The van der Waals surface area contributed by atoms with Crippen LogP contribution in [0, 0.1) is 0 Å². The first kappa shape index (κ1) is 16.6. The largest absolute Gasteiger partial charge is 0.478 e. The molecule has 1 saturated carbocycles. The fraction of sp³-hybridized carbons (Fsp3) is 0.333. The van der Waals surface area contributed by atoms with E-state index in [0.29, 0.717) is 23.7 Å². The first-order valence-corrected chi connectivity index (χ1v) is 8.28. The molecule has 0 spiro atoms. The molecule has 5 nitrogen and oxygen atoms in total. The van der Waals surface area contributed by atoms with Crippen molar-refractivity contribution in [3.05, 3.63) is 58.0 Å². The van der Waals surface area contributed by atoms with Crippen LogP contribution in [0.25, 0.3) is 0 Å². The van der Waals surface area contributed by atoms with E-state index >= 15 is 0 Å². The van der Waals surface area contributed by atoms with Gasteiger partial charge in [-0.25, -0.2) is 4.79 Å². The van der Waals surface area contributed by atoms with Gasteiger partial charge in [0.1, 0.15) is 11.3 Å². The van der Waals surface area contributed by atoms with E-state index in [2.05, 4.69) is 0 Å². The molecular formula is C18H18ClNO4. The minimum atomic E-state index is -1.08. The van der Waals surface area contributed by atoms with E-state index in [0.717, 1.165) is 18.4 Å². The van der Waals surface area contributed by atoms with Crippen LogP contribution in [0.3, 0.4) is 0 Å². The second kappa shape index (κ2) is 6.69. The lowest BCUT2D eigenvalue weighted by molar-refractivity contribution is 0.0684. The molecule has 0 unspecified atom stereocenters. The van der Waals surface area contributed by atoms with Crippen LogP contribution in [0.5, 0.6) is 0 Å². The van der Waals surface area contributed by atoms with Gasteiger partial charge >= 0.3 is 5.97 Å². The minimum absolute atomic E-state index is 0.0584. The van der Waals surface area contributed by atoms with E-state index in [1.807, 2.05) is 12.1 Å². The van der Waals surface area contributed by atoms with Gasteiger partial charge in [-0.05, 0) is 30.5 Å². The van der Waals surface area contributed by atoms with Crippen molar-refractivity contribution in [2.45, 2.75) is 38.8 Å². The third-order valence-corrected chi connectivity index (χ3v) is 4.34. The molecule has 2 aromatic rings. The van der Waals surface area contributed by atoms with Crippen molar-refractivity contribution < 1.29 is 19.1 Å². The summed E-state index contributed by atoms with van der Waals surface area (Å²) in [6.07, 6.45) is 2.33. The van der Waals surface area contributed by atoms with Crippen molar-refractivity contribution in [2.24, 2.45) is 0 Å². The van der Waals surface area contributed by atoms with Gasteiger partial charge in [0.05, 0.1) is 0 Å². The molecule has 1 aromatic carbocycles. The molecule has 3 rings (SSSR count). The number of hydrogen-bond acceptors (Lipinski definition) is 3. The van der Waals surface area contributed by atoms with Crippen molar-refractivity contribution >= 4 is 23.5 Å². The Labute approximate surface area is 144 Å². The predicted octanol–water partition coefficient (Wildman–Crippen LogP) is 4.00. The summed E-state index contributed by atoms with van der Waals surface area (Å²) in [5, 5.41) is 9.86.